The minimum absolute atomic E-state index is 0.0916. The largest absolute Gasteiger partial charge is 0.462 e. The van der Waals surface area contributed by atoms with Crippen LogP contribution in [0.5, 0.6) is 0 Å². The Morgan fingerprint density at radius 3 is 1.21 bits per heavy atom. The maximum absolute atomic E-state index is 12.4. The van der Waals surface area contributed by atoms with Crippen LogP contribution in [0.25, 0.3) is 0 Å². The monoisotopic (exact) mass is 597 g/mol. The van der Waals surface area contributed by atoms with Crippen molar-refractivity contribution in [2.75, 3.05) is 19.8 Å². The Kier molecular flexibility index (Phi) is 33.5. The summed E-state index contributed by atoms with van der Waals surface area (Å²) in [6, 6.07) is 0. The molecule has 0 saturated heterocycles. The van der Waals surface area contributed by atoms with Crippen LogP contribution < -0.4 is 0 Å². The number of ether oxygens (including phenoxy) is 3. The van der Waals surface area contributed by atoms with Crippen LogP contribution in [0.1, 0.15) is 201 Å². The number of hydrogen-bond acceptors (Lipinski definition) is 5. The van der Waals surface area contributed by atoms with Crippen LogP contribution in [-0.2, 0) is 23.8 Å². The first-order valence-corrected chi connectivity index (χ1v) is 18.6. The molecule has 5 heteroatoms. The van der Waals surface area contributed by atoms with E-state index in [4.69, 9.17) is 14.2 Å². The molecule has 0 aliphatic heterocycles. The molecule has 250 valence electrons. The van der Waals surface area contributed by atoms with Gasteiger partial charge in [0.05, 0.1) is 6.61 Å². The van der Waals surface area contributed by atoms with Crippen LogP contribution in [-0.4, -0.2) is 37.9 Å². The van der Waals surface area contributed by atoms with Gasteiger partial charge in [0.25, 0.3) is 0 Å². The van der Waals surface area contributed by atoms with Crippen LogP contribution in [0.3, 0.4) is 0 Å². The first kappa shape index (κ1) is 40.9. The molecule has 0 aliphatic carbocycles. The highest BCUT2D eigenvalue weighted by atomic mass is 16.6. The fourth-order valence-electron chi connectivity index (χ4n) is 5.33. The van der Waals surface area contributed by atoms with Crippen molar-refractivity contribution in [2.24, 2.45) is 0 Å². The predicted molar refractivity (Wildman–Crippen MR) is 178 cm³/mol. The van der Waals surface area contributed by atoms with Crippen LogP contribution >= 0.6 is 0 Å². The quantitative estimate of drug-likeness (QED) is 0.0546. The van der Waals surface area contributed by atoms with Crippen molar-refractivity contribution in [1.29, 1.82) is 0 Å². The summed E-state index contributed by atoms with van der Waals surface area (Å²) in [5.41, 5.74) is 0. The maximum atomic E-state index is 12.4. The normalized spacial score (nSPS) is 12.0. The molecular weight excluding hydrogens is 524 g/mol. The Bertz CT molecular complexity index is 564. The molecule has 0 rings (SSSR count). The molecule has 0 aromatic carbocycles. The van der Waals surface area contributed by atoms with Gasteiger partial charge in [-0.1, -0.05) is 168 Å². The van der Waals surface area contributed by atoms with Crippen molar-refractivity contribution in [1.82, 2.24) is 0 Å². The molecule has 0 heterocycles. The summed E-state index contributed by atoms with van der Waals surface area (Å²) >= 11 is 0. The number of carbonyl (C=O) groups is 2. The highest BCUT2D eigenvalue weighted by Crippen LogP contribution is 2.14. The average Bonchev–Trinajstić information content (AvgIpc) is 2.98. The average molecular weight is 597 g/mol. The van der Waals surface area contributed by atoms with E-state index < -0.39 is 6.10 Å². The van der Waals surface area contributed by atoms with Crippen LogP contribution in [0.2, 0.25) is 0 Å². The highest BCUT2D eigenvalue weighted by Gasteiger charge is 2.17. The Morgan fingerprint density at radius 2 is 0.786 bits per heavy atom. The first-order chi connectivity index (χ1) is 20.6. The van der Waals surface area contributed by atoms with Gasteiger partial charge in [0, 0.05) is 19.4 Å². The molecule has 42 heavy (non-hydrogen) atoms. The van der Waals surface area contributed by atoms with E-state index in [-0.39, 0.29) is 18.5 Å². The third-order valence-electron chi connectivity index (χ3n) is 8.14. The summed E-state index contributed by atoms with van der Waals surface area (Å²) < 4.78 is 17.0. The molecule has 0 aromatic heterocycles. The lowest BCUT2D eigenvalue weighted by atomic mass is 10.0. The van der Waals surface area contributed by atoms with Gasteiger partial charge < -0.3 is 14.2 Å². The molecule has 0 N–H and O–H groups in total. The van der Waals surface area contributed by atoms with Crippen LogP contribution in [0, 0.1) is 0 Å². The number of unbranched alkanes of at least 4 members (excludes halogenated alkanes) is 23. The molecule has 5 nitrogen and oxygen atoms in total. The lowest BCUT2D eigenvalue weighted by molar-refractivity contribution is -0.163. The van der Waals surface area contributed by atoms with Gasteiger partial charge in [0.1, 0.15) is 6.61 Å². The molecule has 0 saturated carbocycles. The van der Waals surface area contributed by atoms with Gasteiger partial charge in [-0.25, -0.2) is 0 Å². The van der Waals surface area contributed by atoms with E-state index in [0.717, 1.165) is 44.9 Å². The summed E-state index contributed by atoms with van der Waals surface area (Å²) in [5.74, 6) is -0.414. The van der Waals surface area contributed by atoms with Gasteiger partial charge >= 0.3 is 11.9 Å². The molecule has 0 aliphatic rings. The Hall–Kier alpha value is -1.10. The lowest BCUT2D eigenvalue weighted by Crippen LogP contribution is -2.30. The molecule has 0 aromatic rings. The fourth-order valence-corrected chi connectivity index (χ4v) is 5.33. The maximum Gasteiger partial charge on any atom is 0.306 e. The zero-order valence-electron chi connectivity index (χ0n) is 28.5. The van der Waals surface area contributed by atoms with Gasteiger partial charge in [-0.05, 0) is 19.3 Å². The van der Waals surface area contributed by atoms with E-state index in [0.29, 0.717) is 26.1 Å². The van der Waals surface area contributed by atoms with Crippen molar-refractivity contribution in [3.8, 4) is 0 Å². The van der Waals surface area contributed by atoms with Crippen molar-refractivity contribution in [2.45, 2.75) is 207 Å². The molecule has 1 atom stereocenters. The molecule has 0 fully saturated rings. The summed E-state index contributed by atoms with van der Waals surface area (Å²) in [6.45, 7) is 7.70. The topological polar surface area (TPSA) is 61.8 Å². The van der Waals surface area contributed by atoms with Gasteiger partial charge in [-0.15, -0.1) is 0 Å². The summed E-state index contributed by atoms with van der Waals surface area (Å²) in [5, 5.41) is 0. The predicted octanol–water partition coefficient (Wildman–Crippen LogP) is 11.4. The second-order valence-electron chi connectivity index (χ2n) is 12.5. The zero-order valence-corrected chi connectivity index (χ0v) is 28.5. The Balaban J connectivity index is 3.94. The summed E-state index contributed by atoms with van der Waals surface area (Å²) in [4.78, 5) is 24.6. The SMILES string of the molecule is CCCCCCCCCCCCCCCCCCOCC(COC(=O)CCCCCCC)OC(=O)CCCCCCC. The molecule has 0 spiro atoms. The standard InChI is InChI=1S/C37H72O5/c1-4-7-10-13-14-15-16-17-18-19-20-21-22-23-26-29-32-40-33-35(42-37(39)31-28-25-12-9-6-3)34-41-36(38)30-27-24-11-8-5-2/h35H,4-34H2,1-3H3. The molecular formula is C37H72O5. The minimum atomic E-state index is -0.516. The third-order valence-corrected chi connectivity index (χ3v) is 8.14. The van der Waals surface area contributed by atoms with E-state index in [9.17, 15) is 9.59 Å². The Morgan fingerprint density at radius 1 is 0.429 bits per heavy atom. The third kappa shape index (κ3) is 31.8. The van der Waals surface area contributed by atoms with Gasteiger partial charge in [0.2, 0.25) is 0 Å². The fraction of sp³-hybridized carbons (Fsp3) is 0.946. The second-order valence-corrected chi connectivity index (χ2v) is 12.5. The highest BCUT2D eigenvalue weighted by molar-refractivity contribution is 5.70. The van der Waals surface area contributed by atoms with Crippen LogP contribution in [0.15, 0.2) is 0 Å². The van der Waals surface area contributed by atoms with Gasteiger partial charge in [-0.3, -0.25) is 9.59 Å². The van der Waals surface area contributed by atoms with Crippen molar-refractivity contribution >= 4 is 11.9 Å². The number of hydrogen-bond donors (Lipinski definition) is 0. The van der Waals surface area contributed by atoms with E-state index in [1.807, 2.05) is 0 Å². The molecule has 0 amide bonds. The van der Waals surface area contributed by atoms with E-state index in [1.165, 1.54) is 122 Å². The van der Waals surface area contributed by atoms with E-state index in [2.05, 4.69) is 20.8 Å². The van der Waals surface area contributed by atoms with Crippen molar-refractivity contribution in [3.05, 3.63) is 0 Å². The van der Waals surface area contributed by atoms with Crippen LogP contribution in [0.4, 0.5) is 0 Å². The Labute approximate surface area is 262 Å². The number of esters is 2. The number of rotatable bonds is 34. The molecule has 1 unspecified atom stereocenters. The van der Waals surface area contributed by atoms with Crippen molar-refractivity contribution in [3.63, 3.8) is 0 Å². The zero-order chi connectivity index (χ0) is 30.8. The lowest BCUT2D eigenvalue weighted by Gasteiger charge is -2.18. The van der Waals surface area contributed by atoms with E-state index >= 15 is 0 Å². The summed E-state index contributed by atoms with van der Waals surface area (Å²) in [7, 11) is 0. The summed E-state index contributed by atoms with van der Waals surface area (Å²) in [6.07, 6.45) is 32.8. The van der Waals surface area contributed by atoms with E-state index in [1.54, 1.807) is 0 Å². The molecule has 0 bridgehead atoms. The molecule has 0 radical (unpaired) electrons. The first-order valence-electron chi connectivity index (χ1n) is 18.6. The number of carbonyl (C=O) groups excluding carboxylic acids is 2. The van der Waals surface area contributed by atoms with Gasteiger partial charge in [-0.2, -0.15) is 0 Å². The van der Waals surface area contributed by atoms with Gasteiger partial charge in [0.15, 0.2) is 6.10 Å². The smallest absolute Gasteiger partial charge is 0.306 e. The second kappa shape index (κ2) is 34.4. The minimum Gasteiger partial charge on any atom is -0.462 e. The van der Waals surface area contributed by atoms with Crippen molar-refractivity contribution < 1.29 is 23.8 Å².